The molecule has 86 valence electrons. The first-order chi connectivity index (χ1) is 7.19. The maximum Gasteiger partial charge on any atom is 0.0599 e. The Bertz CT molecular complexity index is 260. The zero-order valence-electron chi connectivity index (χ0n) is 9.39. The zero-order valence-corrected chi connectivity index (χ0v) is 10.2. The molecule has 4 heteroatoms. The van der Waals surface area contributed by atoms with E-state index in [1.165, 1.54) is 4.88 Å². The molecule has 0 spiro atoms. The van der Waals surface area contributed by atoms with Gasteiger partial charge in [-0.2, -0.15) is 0 Å². The van der Waals surface area contributed by atoms with Crippen LogP contribution in [0.4, 0.5) is 0 Å². The third kappa shape index (κ3) is 3.57. The molecule has 1 rings (SSSR count). The molecule has 0 radical (unpaired) electrons. The normalized spacial score (nSPS) is 15.5. The number of hydrogen-bond acceptors (Lipinski definition) is 4. The van der Waals surface area contributed by atoms with Gasteiger partial charge in [-0.25, -0.2) is 0 Å². The number of thiophene rings is 1. The van der Waals surface area contributed by atoms with Crippen molar-refractivity contribution in [3.8, 4) is 0 Å². The smallest absolute Gasteiger partial charge is 0.0599 e. The van der Waals surface area contributed by atoms with Crippen LogP contribution in [0.1, 0.15) is 11.8 Å². The molecule has 0 aromatic carbocycles. The summed E-state index contributed by atoms with van der Waals surface area (Å²) >= 11 is 1.78. The summed E-state index contributed by atoms with van der Waals surface area (Å²) in [6, 6.07) is 4.69. The van der Waals surface area contributed by atoms with E-state index in [0.717, 1.165) is 6.42 Å². The first kappa shape index (κ1) is 12.6. The first-order valence-electron chi connectivity index (χ1n) is 5.24. The molecule has 0 fully saturated rings. The van der Waals surface area contributed by atoms with Gasteiger partial charge >= 0.3 is 0 Å². The molecule has 0 saturated carbocycles. The summed E-state index contributed by atoms with van der Waals surface area (Å²) in [5, 5.41) is 11.2. The predicted molar refractivity (Wildman–Crippen MR) is 65.2 cm³/mol. The molecule has 1 heterocycles. The van der Waals surface area contributed by atoms with Gasteiger partial charge in [-0.05, 0) is 31.8 Å². The van der Waals surface area contributed by atoms with Crippen molar-refractivity contribution in [1.82, 2.24) is 4.90 Å². The summed E-state index contributed by atoms with van der Waals surface area (Å²) in [5.41, 5.74) is 5.60. The largest absolute Gasteiger partial charge is 0.395 e. The molecule has 2 unspecified atom stereocenters. The van der Waals surface area contributed by atoms with Gasteiger partial charge in [-0.15, -0.1) is 11.3 Å². The molecular weight excluding hydrogens is 208 g/mol. The molecule has 3 N–H and O–H groups in total. The molecule has 1 aromatic rings. The van der Waals surface area contributed by atoms with Crippen LogP contribution in [-0.2, 0) is 6.42 Å². The van der Waals surface area contributed by atoms with Crippen molar-refractivity contribution in [2.24, 2.45) is 5.73 Å². The van der Waals surface area contributed by atoms with E-state index in [1.54, 1.807) is 11.3 Å². The van der Waals surface area contributed by atoms with Gasteiger partial charge in [0.05, 0.1) is 6.61 Å². The molecular formula is C11H20N2OS. The molecule has 1 aromatic heterocycles. The van der Waals surface area contributed by atoms with Crippen molar-refractivity contribution in [2.75, 3.05) is 20.2 Å². The minimum Gasteiger partial charge on any atom is -0.395 e. The van der Waals surface area contributed by atoms with Crippen LogP contribution in [0.3, 0.4) is 0 Å². The van der Waals surface area contributed by atoms with Crippen molar-refractivity contribution in [3.05, 3.63) is 22.4 Å². The summed E-state index contributed by atoms with van der Waals surface area (Å²) in [4.78, 5) is 3.53. The van der Waals surface area contributed by atoms with Gasteiger partial charge in [0.2, 0.25) is 0 Å². The number of aliphatic hydroxyl groups excluding tert-OH is 1. The van der Waals surface area contributed by atoms with Gasteiger partial charge in [0.1, 0.15) is 0 Å². The number of aliphatic hydroxyl groups is 1. The summed E-state index contributed by atoms with van der Waals surface area (Å²) in [6.45, 7) is 2.79. The second-order valence-electron chi connectivity index (χ2n) is 3.87. The van der Waals surface area contributed by atoms with Gasteiger partial charge in [0, 0.05) is 23.5 Å². The van der Waals surface area contributed by atoms with Crippen molar-refractivity contribution < 1.29 is 5.11 Å². The lowest BCUT2D eigenvalue weighted by atomic mass is 10.1. The molecule has 0 aliphatic heterocycles. The second-order valence-corrected chi connectivity index (χ2v) is 4.90. The fourth-order valence-corrected chi connectivity index (χ4v) is 2.42. The Kier molecular flexibility index (Phi) is 5.25. The van der Waals surface area contributed by atoms with Crippen LogP contribution >= 0.6 is 11.3 Å². The van der Waals surface area contributed by atoms with Crippen LogP contribution in [0.2, 0.25) is 0 Å². The highest BCUT2D eigenvalue weighted by molar-refractivity contribution is 7.09. The van der Waals surface area contributed by atoms with Gasteiger partial charge in [-0.3, -0.25) is 4.90 Å². The zero-order chi connectivity index (χ0) is 11.3. The Balaban J connectivity index is 2.48. The fourth-order valence-electron chi connectivity index (χ4n) is 1.59. The Morgan fingerprint density at radius 2 is 2.33 bits per heavy atom. The minimum absolute atomic E-state index is 0.0694. The maximum atomic E-state index is 9.15. The summed E-state index contributed by atoms with van der Waals surface area (Å²) in [6.07, 6.45) is 1.02. The average Bonchev–Trinajstić information content (AvgIpc) is 2.72. The molecule has 2 atom stereocenters. The van der Waals surface area contributed by atoms with Crippen molar-refractivity contribution in [1.29, 1.82) is 0 Å². The fraction of sp³-hybridized carbons (Fsp3) is 0.636. The molecule has 0 aliphatic rings. The van der Waals surface area contributed by atoms with E-state index in [0.29, 0.717) is 12.6 Å². The Labute approximate surface area is 95.5 Å². The first-order valence-corrected chi connectivity index (χ1v) is 6.12. The SMILES string of the molecule is CC(Cc1cccs1)N(C)C(CN)CO. The molecule has 0 bridgehead atoms. The number of nitrogens with two attached hydrogens (primary N) is 1. The highest BCUT2D eigenvalue weighted by Gasteiger charge is 2.18. The minimum atomic E-state index is 0.0694. The topological polar surface area (TPSA) is 49.5 Å². The maximum absolute atomic E-state index is 9.15. The van der Waals surface area contributed by atoms with Crippen molar-refractivity contribution in [2.45, 2.75) is 25.4 Å². The van der Waals surface area contributed by atoms with E-state index in [4.69, 9.17) is 10.8 Å². The highest BCUT2D eigenvalue weighted by Crippen LogP contribution is 2.14. The Hall–Kier alpha value is -0.420. The van der Waals surface area contributed by atoms with Crippen LogP contribution < -0.4 is 5.73 Å². The van der Waals surface area contributed by atoms with Crippen LogP contribution in [0.25, 0.3) is 0 Å². The monoisotopic (exact) mass is 228 g/mol. The average molecular weight is 228 g/mol. The highest BCUT2D eigenvalue weighted by atomic mass is 32.1. The van der Waals surface area contributed by atoms with Crippen molar-refractivity contribution in [3.63, 3.8) is 0 Å². The number of nitrogens with zero attached hydrogens (tertiary/aromatic N) is 1. The lowest BCUT2D eigenvalue weighted by Crippen LogP contribution is -2.46. The van der Waals surface area contributed by atoms with E-state index in [9.17, 15) is 0 Å². The standard InChI is InChI=1S/C11H20N2OS/c1-9(6-11-4-3-5-15-11)13(2)10(7-12)8-14/h3-5,9-10,14H,6-8,12H2,1-2H3. The Morgan fingerprint density at radius 1 is 1.60 bits per heavy atom. The predicted octanol–water partition coefficient (Wildman–Crippen LogP) is 0.931. The quantitative estimate of drug-likeness (QED) is 0.761. The van der Waals surface area contributed by atoms with Crippen LogP contribution in [0.15, 0.2) is 17.5 Å². The van der Waals surface area contributed by atoms with E-state index < -0.39 is 0 Å². The van der Waals surface area contributed by atoms with Gasteiger partial charge in [0.25, 0.3) is 0 Å². The van der Waals surface area contributed by atoms with Crippen LogP contribution in [-0.4, -0.2) is 42.3 Å². The second kappa shape index (κ2) is 6.23. The molecule has 15 heavy (non-hydrogen) atoms. The molecule has 0 aliphatic carbocycles. The van der Waals surface area contributed by atoms with E-state index in [1.807, 2.05) is 7.05 Å². The van der Waals surface area contributed by atoms with Gasteiger partial charge < -0.3 is 10.8 Å². The summed E-state index contributed by atoms with van der Waals surface area (Å²) < 4.78 is 0. The van der Waals surface area contributed by atoms with Crippen LogP contribution in [0, 0.1) is 0 Å². The molecule has 0 amide bonds. The molecule has 3 nitrogen and oxygen atoms in total. The van der Waals surface area contributed by atoms with E-state index in [-0.39, 0.29) is 12.6 Å². The summed E-state index contributed by atoms with van der Waals surface area (Å²) in [5.74, 6) is 0. The van der Waals surface area contributed by atoms with E-state index >= 15 is 0 Å². The van der Waals surface area contributed by atoms with Crippen molar-refractivity contribution >= 4 is 11.3 Å². The third-order valence-corrected chi connectivity index (χ3v) is 3.73. The number of likely N-dealkylation sites (N-methyl/N-ethyl adjacent to an activating group) is 1. The lowest BCUT2D eigenvalue weighted by Gasteiger charge is -2.31. The lowest BCUT2D eigenvalue weighted by molar-refractivity contribution is 0.120. The van der Waals surface area contributed by atoms with Gasteiger partial charge in [-0.1, -0.05) is 6.07 Å². The summed E-state index contributed by atoms with van der Waals surface area (Å²) in [7, 11) is 2.02. The number of hydrogen-bond donors (Lipinski definition) is 2. The van der Waals surface area contributed by atoms with Crippen LogP contribution in [0.5, 0.6) is 0 Å². The number of rotatable bonds is 6. The third-order valence-electron chi connectivity index (χ3n) is 2.83. The Morgan fingerprint density at radius 3 is 2.80 bits per heavy atom. The molecule has 0 saturated heterocycles. The van der Waals surface area contributed by atoms with E-state index in [2.05, 4.69) is 29.3 Å². The van der Waals surface area contributed by atoms with Gasteiger partial charge in [0.15, 0.2) is 0 Å².